The lowest BCUT2D eigenvalue weighted by molar-refractivity contribution is 0.0312. The number of fused-ring (bicyclic) bond motifs is 2. The predicted octanol–water partition coefficient (Wildman–Crippen LogP) is 4.91. The van der Waals surface area contributed by atoms with Gasteiger partial charge in [-0.05, 0) is 43.7 Å². The number of aromatic nitrogens is 6. The number of imidazole rings is 2. The maximum atomic E-state index is 14.6. The molecule has 0 aliphatic carbocycles. The molecule has 0 amide bonds. The van der Waals surface area contributed by atoms with Crippen molar-refractivity contribution in [2.75, 3.05) is 18.0 Å². The lowest BCUT2D eigenvalue weighted by Crippen LogP contribution is -2.60. The fraction of sp³-hybridized carbons (Fsp3) is 0.433. The van der Waals surface area contributed by atoms with Crippen molar-refractivity contribution in [2.24, 2.45) is 14.1 Å². The minimum absolute atomic E-state index is 0.0954. The van der Waals surface area contributed by atoms with Crippen LogP contribution in [0.2, 0.25) is 0 Å². The van der Waals surface area contributed by atoms with Crippen LogP contribution in [-0.4, -0.2) is 52.3 Å². The van der Waals surface area contributed by atoms with Crippen molar-refractivity contribution >= 4 is 27.8 Å². The highest BCUT2D eigenvalue weighted by molar-refractivity contribution is 5.94. The Bertz CT molecular complexity index is 1880. The minimum atomic E-state index is -2.71. The van der Waals surface area contributed by atoms with Gasteiger partial charge in [-0.3, -0.25) is 18.4 Å². The molecule has 11 heteroatoms. The molecule has 1 N–H and O–H groups in total. The first kappa shape index (κ1) is 27.2. The Kier molecular flexibility index (Phi) is 5.97. The van der Waals surface area contributed by atoms with Crippen LogP contribution in [0.3, 0.4) is 0 Å². The number of anilines is 1. The molecule has 0 bridgehead atoms. The Hall–Kier alpha value is -3.99. The van der Waals surface area contributed by atoms with Crippen molar-refractivity contribution in [3.05, 3.63) is 58.5 Å². The summed E-state index contributed by atoms with van der Waals surface area (Å²) in [6, 6.07) is 7.14. The number of β-amino-alcohol motifs (C(OH)–C–C–N with tert-alkyl or cyclic N) is 1. The third-order valence-electron chi connectivity index (χ3n) is 7.99. The van der Waals surface area contributed by atoms with E-state index in [2.05, 4.69) is 5.10 Å². The topological polar surface area (TPSA) is 86.0 Å². The Morgan fingerprint density at radius 2 is 1.78 bits per heavy atom. The molecule has 0 saturated carbocycles. The standard InChI is InChI=1S/C30H35F2N7O2/c1-8-38-14-17(13-33-38)19-11-21-22(12-20(19)26(31)32)39(27(34-21)29(2,3)4)18-9-23-25(36(7)28(40)35(23)6)24(10-18)37-15-30(5,41)16-37/h9-14,26,41H,8,15-16H2,1-7H3. The number of hydrogen-bond donors (Lipinski definition) is 1. The van der Waals surface area contributed by atoms with Crippen LogP contribution in [0.25, 0.3) is 38.9 Å². The first-order valence-corrected chi connectivity index (χ1v) is 13.7. The molecular weight excluding hydrogens is 528 g/mol. The molecule has 1 fully saturated rings. The van der Waals surface area contributed by atoms with E-state index >= 15 is 0 Å². The fourth-order valence-corrected chi connectivity index (χ4v) is 5.94. The van der Waals surface area contributed by atoms with Crippen LogP contribution in [0, 0.1) is 0 Å². The molecule has 1 saturated heterocycles. The summed E-state index contributed by atoms with van der Waals surface area (Å²) >= 11 is 0. The van der Waals surface area contributed by atoms with Gasteiger partial charge in [-0.15, -0.1) is 0 Å². The highest BCUT2D eigenvalue weighted by atomic mass is 19.3. The molecule has 1 aliphatic heterocycles. The van der Waals surface area contributed by atoms with E-state index in [0.29, 0.717) is 58.8 Å². The molecule has 5 aromatic rings. The quantitative estimate of drug-likeness (QED) is 0.329. The second-order valence-electron chi connectivity index (χ2n) is 12.4. The zero-order valence-electron chi connectivity index (χ0n) is 24.4. The summed E-state index contributed by atoms with van der Waals surface area (Å²) in [7, 11) is 3.45. The molecule has 0 radical (unpaired) electrons. The van der Waals surface area contributed by atoms with Crippen molar-refractivity contribution in [1.29, 1.82) is 0 Å². The number of benzene rings is 2. The average molecular weight is 564 g/mol. The smallest absolute Gasteiger partial charge is 0.328 e. The van der Waals surface area contributed by atoms with E-state index in [1.54, 1.807) is 53.3 Å². The second kappa shape index (κ2) is 9.01. The number of hydrogen-bond acceptors (Lipinski definition) is 5. The fourth-order valence-electron chi connectivity index (χ4n) is 5.94. The molecule has 9 nitrogen and oxygen atoms in total. The van der Waals surface area contributed by atoms with Gasteiger partial charge in [0.1, 0.15) is 5.82 Å². The summed E-state index contributed by atoms with van der Waals surface area (Å²) in [5.74, 6) is 0.705. The SMILES string of the molecule is CCn1cc(-c2cc3nc(C(C)(C)C)n(-c4cc(N5CC(C)(O)C5)c5c(c4)n(C)c(=O)n5C)c3cc2C(F)F)cn1. The molecule has 4 heterocycles. The van der Waals surface area contributed by atoms with E-state index in [-0.39, 0.29) is 11.3 Å². The van der Waals surface area contributed by atoms with Crippen LogP contribution in [0.15, 0.2) is 41.5 Å². The first-order valence-electron chi connectivity index (χ1n) is 13.7. The van der Waals surface area contributed by atoms with Crippen LogP contribution < -0.4 is 10.6 Å². The number of aryl methyl sites for hydroxylation is 3. The monoisotopic (exact) mass is 563 g/mol. The molecule has 41 heavy (non-hydrogen) atoms. The molecule has 216 valence electrons. The summed E-state index contributed by atoms with van der Waals surface area (Å²) in [4.78, 5) is 20.0. The summed E-state index contributed by atoms with van der Waals surface area (Å²) in [6.07, 6.45) is 0.667. The highest BCUT2D eigenvalue weighted by Gasteiger charge is 2.38. The van der Waals surface area contributed by atoms with Gasteiger partial charge in [-0.25, -0.2) is 18.6 Å². The average Bonchev–Trinajstić information content (AvgIpc) is 3.58. The Morgan fingerprint density at radius 3 is 2.37 bits per heavy atom. The van der Waals surface area contributed by atoms with E-state index in [1.807, 2.05) is 49.3 Å². The number of aliphatic hydroxyl groups is 1. The van der Waals surface area contributed by atoms with Crippen molar-refractivity contribution in [2.45, 2.75) is 58.6 Å². The normalized spacial score (nSPS) is 15.4. The number of halogens is 2. The predicted molar refractivity (Wildman–Crippen MR) is 156 cm³/mol. The summed E-state index contributed by atoms with van der Waals surface area (Å²) in [5, 5.41) is 14.8. The van der Waals surface area contributed by atoms with Gasteiger partial charge >= 0.3 is 5.69 Å². The lowest BCUT2D eigenvalue weighted by Gasteiger charge is -2.46. The Labute approximate surface area is 236 Å². The zero-order chi connectivity index (χ0) is 29.6. The number of nitrogens with zero attached hydrogens (tertiary/aromatic N) is 7. The molecular formula is C30H35F2N7O2. The van der Waals surface area contributed by atoms with Crippen LogP contribution in [0.4, 0.5) is 14.5 Å². The molecule has 3 aromatic heterocycles. The minimum Gasteiger partial charge on any atom is -0.386 e. The molecule has 0 atom stereocenters. The zero-order valence-corrected chi connectivity index (χ0v) is 24.4. The largest absolute Gasteiger partial charge is 0.386 e. The van der Waals surface area contributed by atoms with Crippen LogP contribution in [0.5, 0.6) is 0 Å². The van der Waals surface area contributed by atoms with Gasteiger partial charge in [-0.1, -0.05) is 20.8 Å². The van der Waals surface area contributed by atoms with Gasteiger partial charge < -0.3 is 10.0 Å². The molecule has 1 aliphatic rings. The van der Waals surface area contributed by atoms with E-state index in [4.69, 9.17) is 4.98 Å². The molecule has 0 spiro atoms. The van der Waals surface area contributed by atoms with E-state index in [9.17, 15) is 18.7 Å². The van der Waals surface area contributed by atoms with Gasteiger partial charge in [0.2, 0.25) is 0 Å². The van der Waals surface area contributed by atoms with Crippen molar-refractivity contribution in [1.82, 2.24) is 28.5 Å². The van der Waals surface area contributed by atoms with Crippen LogP contribution in [-0.2, 0) is 26.1 Å². The molecule has 0 unspecified atom stereocenters. The summed E-state index contributed by atoms with van der Waals surface area (Å²) in [5.41, 5.74) is 3.59. The Balaban J connectivity index is 1.67. The first-order chi connectivity index (χ1) is 19.2. The number of alkyl halides is 2. The van der Waals surface area contributed by atoms with Crippen molar-refractivity contribution in [3.63, 3.8) is 0 Å². The highest BCUT2D eigenvalue weighted by Crippen LogP contribution is 2.40. The van der Waals surface area contributed by atoms with Crippen LogP contribution >= 0.6 is 0 Å². The molecule has 2 aromatic carbocycles. The van der Waals surface area contributed by atoms with Gasteiger partial charge in [0.25, 0.3) is 6.43 Å². The third kappa shape index (κ3) is 4.25. The van der Waals surface area contributed by atoms with Gasteiger partial charge in [0.15, 0.2) is 0 Å². The van der Waals surface area contributed by atoms with Gasteiger partial charge in [-0.2, -0.15) is 5.10 Å². The van der Waals surface area contributed by atoms with Crippen LogP contribution in [0.1, 0.15) is 52.4 Å². The van der Waals surface area contributed by atoms with E-state index in [0.717, 1.165) is 11.2 Å². The maximum absolute atomic E-state index is 14.6. The van der Waals surface area contributed by atoms with Gasteiger partial charge in [0, 0.05) is 56.5 Å². The van der Waals surface area contributed by atoms with Crippen molar-refractivity contribution in [3.8, 4) is 16.8 Å². The second-order valence-corrected chi connectivity index (χ2v) is 12.4. The number of rotatable bonds is 5. The summed E-state index contributed by atoms with van der Waals surface area (Å²) in [6.45, 7) is 11.3. The van der Waals surface area contributed by atoms with Gasteiger partial charge in [0.05, 0.1) is 45.2 Å². The molecule has 6 rings (SSSR count). The third-order valence-corrected chi connectivity index (χ3v) is 7.99. The van der Waals surface area contributed by atoms with E-state index < -0.39 is 17.4 Å². The summed E-state index contributed by atoms with van der Waals surface area (Å²) < 4.78 is 36.0. The van der Waals surface area contributed by atoms with Crippen molar-refractivity contribution < 1.29 is 13.9 Å². The lowest BCUT2D eigenvalue weighted by atomic mass is 9.94. The Morgan fingerprint density at radius 1 is 1.07 bits per heavy atom. The maximum Gasteiger partial charge on any atom is 0.328 e. The van der Waals surface area contributed by atoms with E-state index in [1.165, 1.54) is 6.07 Å².